The maximum Gasteiger partial charge on any atom is 0.293 e. The Hall–Kier alpha value is -2.55. The summed E-state index contributed by atoms with van der Waals surface area (Å²) in [6, 6.07) is 4.67. The first kappa shape index (κ1) is 21.2. The van der Waals surface area contributed by atoms with Crippen LogP contribution in [0, 0.1) is 16.0 Å². The molecule has 1 aromatic carbocycles. The van der Waals surface area contributed by atoms with Crippen molar-refractivity contribution in [1.82, 2.24) is 10.2 Å². The Bertz CT molecular complexity index is 873. The van der Waals surface area contributed by atoms with Crippen LogP contribution in [0.4, 0.5) is 16.5 Å². The molecule has 0 aliphatic carbocycles. The zero-order valence-corrected chi connectivity index (χ0v) is 17.9. The monoisotopic (exact) mass is 417 g/mol. The lowest BCUT2D eigenvalue weighted by atomic mass is 9.98. The van der Waals surface area contributed by atoms with E-state index < -0.39 is 10.8 Å². The Kier molecular flexibility index (Phi) is 6.79. The number of hydrogen-bond donors (Lipinski definition) is 1. The second-order valence-corrected chi connectivity index (χ2v) is 8.55. The van der Waals surface area contributed by atoms with Crippen molar-refractivity contribution in [1.29, 1.82) is 0 Å². The Morgan fingerprint density at radius 2 is 2.00 bits per heavy atom. The molecule has 0 radical (unpaired) electrons. The largest absolute Gasteiger partial charge is 0.366 e. The fourth-order valence-corrected chi connectivity index (χ4v) is 4.59. The molecule has 8 nitrogen and oxygen atoms in total. The topological polar surface area (TPSA) is 101 Å². The van der Waals surface area contributed by atoms with Gasteiger partial charge in [-0.2, -0.15) is 0 Å². The Labute approximate surface area is 174 Å². The van der Waals surface area contributed by atoms with Crippen molar-refractivity contribution in [3.05, 3.63) is 38.9 Å². The number of anilines is 2. The minimum absolute atomic E-state index is 0.0396. The summed E-state index contributed by atoms with van der Waals surface area (Å²) in [5.74, 6) is 0.539. The average molecular weight is 418 g/mol. The van der Waals surface area contributed by atoms with Crippen LogP contribution < -0.4 is 10.2 Å². The van der Waals surface area contributed by atoms with Gasteiger partial charge < -0.3 is 4.90 Å². The van der Waals surface area contributed by atoms with Gasteiger partial charge in [0.1, 0.15) is 10.7 Å². The van der Waals surface area contributed by atoms with Crippen LogP contribution in [-0.4, -0.2) is 34.1 Å². The van der Waals surface area contributed by atoms with Crippen molar-refractivity contribution < 1.29 is 9.72 Å². The second-order valence-electron chi connectivity index (χ2n) is 7.54. The third-order valence-electron chi connectivity index (χ3n) is 5.55. The molecule has 3 rings (SSSR count). The number of amides is 1. The molecule has 1 aliphatic rings. The van der Waals surface area contributed by atoms with E-state index in [0.29, 0.717) is 22.7 Å². The maximum absolute atomic E-state index is 12.6. The molecule has 0 spiro atoms. The number of nitrogens with one attached hydrogen (secondary N) is 1. The summed E-state index contributed by atoms with van der Waals surface area (Å²) in [4.78, 5) is 25.9. The predicted molar refractivity (Wildman–Crippen MR) is 115 cm³/mol. The molecule has 1 aromatic heterocycles. The quantitative estimate of drug-likeness (QED) is 0.511. The average Bonchev–Trinajstić information content (AvgIpc) is 3.17. The molecular weight excluding hydrogens is 390 g/mol. The fraction of sp³-hybridized carbons (Fsp3) is 0.550. The Balaban J connectivity index is 1.77. The van der Waals surface area contributed by atoms with Crippen molar-refractivity contribution in [2.24, 2.45) is 5.92 Å². The predicted octanol–water partition coefficient (Wildman–Crippen LogP) is 4.84. The molecule has 1 saturated heterocycles. The summed E-state index contributed by atoms with van der Waals surface area (Å²) in [5, 5.41) is 23.9. The van der Waals surface area contributed by atoms with Gasteiger partial charge in [-0.3, -0.25) is 20.2 Å². The molecule has 0 atom stereocenters. The standard InChI is InChI=1S/C20H27N5O3S/c1-4-14(5-2)19-22-23-20(29-19)21-18(26)15-6-7-16(17(12-15)25(27)28)24-10-8-13(3)9-11-24/h6-7,12-14H,4-5,8-11H2,1-3H3,(H,21,23,26). The maximum atomic E-state index is 12.6. The number of carbonyl (C=O) groups is 1. The number of nitro benzene ring substituents is 1. The molecule has 2 aromatic rings. The van der Waals surface area contributed by atoms with E-state index in [1.54, 1.807) is 12.1 Å². The Morgan fingerprint density at radius 3 is 2.62 bits per heavy atom. The summed E-state index contributed by atoms with van der Waals surface area (Å²) in [7, 11) is 0. The summed E-state index contributed by atoms with van der Waals surface area (Å²) in [5.41, 5.74) is 0.776. The number of nitrogens with zero attached hydrogens (tertiary/aromatic N) is 4. The van der Waals surface area contributed by atoms with Crippen LogP contribution in [0.15, 0.2) is 18.2 Å². The van der Waals surface area contributed by atoms with Gasteiger partial charge in [0.05, 0.1) is 4.92 Å². The molecule has 1 N–H and O–H groups in total. The van der Waals surface area contributed by atoms with Gasteiger partial charge >= 0.3 is 0 Å². The molecule has 0 unspecified atom stereocenters. The fourth-order valence-electron chi connectivity index (χ4n) is 3.59. The lowest BCUT2D eigenvalue weighted by Crippen LogP contribution is -2.33. The van der Waals surface area contributed by atoms with Crippen LogP contribution in [0.3, 0.4) is 0 Å². The molecule has 1 amide bonds. The van der Waals surface area contributed by atoms with E-state index in [0.717, 1.165) is 43.8 Å². The Morgan fingerprint density at radius 1 is 1.31 bits per heavy atom. The molecule has 2 heterocycles. The van der Waals surface area contributed by atoms with E-state index in [2.05, 4.69) is 36.3 Å². The van der Waals surface area contributed by atoms with Gasteiger partial charge in [0, 0.05) is 30.6 Å². The zero-order valence-electron chi connectivity index (χ0n) is 17.1. The minimum atomic E-state index is -0.417. The molecule has 1 aliphatic heterocycles. The molecule has 1 fully saturated rings. The van der Waals surface area contributed by atoms with E-state index in [1.807, 2.05) is 4.90 Å². The molecule has 156 valence electrons. The van der Waals surface area contributed by atoms with E-state index in [-0.39, 0.29) is 11.3 Å². The first-order chi connectivity index (χ1) is 13.9. The van der Waals surface area contributed by atoms with Crippen LogP contribution in [0.2, 0.25) is 0 Å². The third-order valence-corrected chi connectivity index (χ3v) is 6.56. The van der Waals surface area contributed by atoms with Gasteiger partial charge in [-0.15, -0.1) is 10.2 Å². The van der Waals surface area contributed by atoms with E-state index in [9.17, 15) is 14.9 Å². The molecule has 0 bridgehead atoms. The van der Waals surface area contributed by atoms with E-state index in [4.69, 9.17) is 0 Å². The summed E-state index contributed by atoms with van der Waals surface area (Å²) in [6.07, 6.45) is 3.94. The first-order valence-electron chi connectivity index (χ1n) is 10.1. The van der Waals surface area contributed by atoms with Crippen molar-refractivity contribution in [2.45, 2.75) is 52.4 Å². The zero-order chi connectivity index (χ0) is 21.0. The number of nitro groups is 1. The smallest absolute Gasteiger partial charge is 0.293 e. The van der Waals surface area contributed by atoms with Gasteiger partial charge in [-0.25, -0.2) is 0 Å². The lowest BCUT2D eigenvalue weighted by Gasteiger charge is -2.31. The van der Waals surface area contributed by atoms with Gasteiger partial charge in [-0.1, -0.05) is 32.1 Å². The van der Waals surface area contributed by atoms with Gasteiger partial charge in [0.2, 0.25) is 5.13 Å². The van der Waals surface area contributed by atoms with Crippen LogP contribution >= 0.6 is 11.3 Å². The van der Waals surface area contributed by atoms with Crippen molar-refractivity contribution in [3.63, 3.8) is 0 Å². The summed E-state index contributed by atoms with van der Waals surface area (Å²) < 4.78 is 0. The first-order valence-corrected chi connectivity index (χ1v) is 10.9. The minimum Gasteiger partial charge on any atom is -0.366 e. The molecule has 29 heavy (non-hydrogen) atoms. The van der Waals surface area contributed by atoms with E-state index in [1.165, 1.54) is 17.4 Å². The normalized spacial score (nSPS) is 15.0. The summed E-state index contributed by atoms with van der Waals surface area (Å²) >= 11 is 1.35. The highest BCUT2D eigenvalue weighted by Crippen LogP contribution is 2.33. The van der Waals surface area contributed by atoms with Gasteiger partial charge in [0.25, 0.3) is 11.6 Å². The van der Waals surface area contributed by atoms with Crippen molar-refractivity contribution in [2.75, 3.05) is 23.3 Å². The van der Waals surface area contributed by atoms with Gasteiger partial charge in [-0.05, 0) is 43.7 Å². The lowest BCUT2D eigenvalue weighted by molar-refractivity contribution is -0.384. The van der Waals surface area contributed by atoms with Crippen LogP contribution in [0.25, 0.3) is 0 Å². The number of hydrogen-bond acceptors (Lipinski definition) is 7. The number of aromatic nitrogens is 2. The van der Waals surface area contributed by atoms with Gasteiger partial charge in [0.15, 0.2) is 0 Å². The van der Waals surface area contributed by atoms with Crippen molar-refractivity contribution in [3.8, 4) is 0 Å². The summed E-state index contributed by atoms with van der Waals surface area (Å²) in [6.45, 7) is 7.96. The number of carbonyl (C=O) groups excluding carboxylic acids is 1. The van der Waals surface area contributed by atoms with Crippen molar-refractivity contribution >= 4 is 33.8 Å². The van der Waals surface area contributed by atoms with Crippen LogP contribution in [0.1, 0.15) is 67.7 Å². The van der Waals surface area contributed by atoms with Crippen LogP contribution in [0.5, 0.6) is 0 Å². The number of benzene rings is 1. The molecule has 9 heteroatoms. The number of rotatable bonds is 7. The molecule has 0 saturated carbocycles. The number of piperidine rings is 1. The highest BCUT2D eigenvalue weighted by Gasteiger charge is 2.25. The van der Waals surface area contributed by atoms with E-state index >= 15 is 0 Å². The van der Waals surface area contributed by atoms with Crippen LogP contribution in [-0.2, 0) is 0 Å². The molecular formula is C20H27N5O3S. The highest BCUT2D eigenvalue weighted by atomic mass is 32.1. The third kappa shape index (κ3) is 4.90. The highest BCUT2D eigenvalue weighted by molar-refractivity contribution is 7.15. The second kappa shape index (κ2) is 9.30. The SMILES string of the molecule is CCC(CC)c1nnc(NC(=O)c2ccc(N3CCC(C)CC3)c([N+](=O)[O-])c2)s1.